The van der Waals surface area contributed by atoms with Crippen LogP contribution in [0.15, 0.2) is 79.1 Å². The minimum atomic E-state index is -0.968. The van der Waals surface area contributed by atoms with Gasteiger partial charge in [-0.3, -0.25) is 10.3 Å². The van der Waals surface area contributed by atoms with E-state index in [0.717, 1.165) is 41.6 Å². The second kappa shape index (κ2) is 11.2. The van der Waals surface area contributed by atoms with Crippen molar-refractivity contribution in [2.75, 3.05) is 13.2 Å². The number of aromatic nitrogens is 1. The van der Waals surface area contributed by atoms with Gasteiger partial charge in [-0.25, -0.2) is 4.79 Å². The Morgan fingerprint density at radius 2 is 2.03 bits per heavy atom. The zero-order valence-electron chi connectivity index (χ0n) is 18.4. The lowest BCUT2D eigenvalue weighted by atomic mass is 9.82. The Kier molecular flexibility index (Phi) is 7.61. The molecule has 0 aliphatic heterocycles. The van der Waals surface area contributed by atoms with Crippen molar-refractivity contribution in [2.45, 2.75) is 25.2 Å². The number of carboxylic acid groups (broad SMARTS) is 1. The normalized spacial score (nSPS) is 15.9. The Balaban J connectivity index is 1.38. The van der Waals surface area contributed by atoms with Crippen LogP contribution < -0.4 is 10.2 Å². The molecule has 1 unspecified atom stereocenters. The number of benzene rings is 2. The van der Waals surface area contributed by atoms with Gasteiger partial charge in [0.25, 0.3) is 0 Å². The van der Waals surface area contributed by atoms with E-state index in [2.05, 4.69) is 22.6 Å². The van der Waals surface area contributed by atoms with Crippen LogP contribution in [0, 0.1) is 0 Å². The molecule has 0 fully saturated rings. The minimum Gasteiger partial charge on any atom is -0.482 e. The highest BCUT2D eigenvalue weighted by Crippen LogP contribution is 2.37. The third-order valence-electron chi connectivity index (χ3n) is 5.61. The first-order valence-electron chi connectivity index (χ1n) is 11.1. The molecule has 2 aromatic carbocycles. The van der Waals surface area contributed by atoms with E-state index in [-0.39, 0.29) is 12.5 Å². The molecule has 1 heterocycles. The lowest BCUT2D eigenvalue weighted by Gasteiger charge is -2.25. The number of fused-ring (bicyclic) bond motifs is 1. The average molecular weight is 445 g/mol. The van der Waals surface area contributed by atoms with Gasteiger partial charge < -0.3 is 14.8 Å². The first-order valence-corrected chi connectivity index (χ1v) is 11.1. The molecular weight excluding hydrogens is 416 g/mol. The molecule has 1 atom stereocenters. The summed E-state index contributed by atoms with van der Waals surface area (Å²) >= 11 is 0. The van der Waals surface area contributed by atoms with E-state index in [1.165, 1.54) is 5.56 Å². The molecular formula is C27H28N2O4. The average Bonchev–Trinajstić information content (AvgIpc) is 3.35. The maximum absolute atomic E-state index is 10.9. The van der Waals surface area contributed by atoms with Crippen LogP contribution in [0.2, 0.25) is 0 Å². The van der Waals surface area contributed by atoms with Gasteiger partial charge in [-0.15, -0.1) is 0 Å². The zero-order valence-corrected chi connectivity index (χ0v) is 18.4. The SMILES string of the molecule is O=C(O)COc1cccc2c1CCCC2C=CCONC(=Cc1cc[nH]c1)c1ccccc1. The molecule has 6 nitrogen and oxygen atoms in total. The van der Waals surface area contributed by atoms with Gasteiger partial charge >= 0.3 is 5.97 Å². The van der Waals surface area contributed by atoms with Crippen LogP contribution in [0.1, 0.15) is 41.0 Å². The van der Waals surface area contributed by atoms with Gasteiger partial charge in [0.15, 0.2) is 6.61 Å². The zero-order chi connectivity index (χ0) is 22.9. The number of aromatic amines is 1. The Hall–Kier alpha value is -3.77. The summed E-state index contributed by atoms with van der Waals surface area (Å²) in [6, 6.07) is 17.9. The number of carbonyl (C=O) groups is 1. The summed E-state index contributed by atoms with van der Waals surface area (Å²) in [6.07, 6.45) is 13.0. The molecule has 6 heteroatoms. The van der Waals surface area contributed by atoms with Crippen LogP contribution in [-0.4, -0.2) is 29.3 Å². The Labute approximate surface area is 193 Å². The number of hydrogen-bond donors (Lipinski definition) is 3. The van der Waals surface area contributed by atoms with Crippen molar-refractivity contribution in [1.82, 2.24) is 10.5 Å². The first-order chi connectivity index (χ1) is 16.2. The van der Waals surface area contributed by atoms with Gasteiger partial charge in [-0.2, -0.15) is 0 Å². The minimum absolute atomic E-state index is 0.259. The van der Waals surface area contributed by atoms with Gasteiger partial charge in [0.2, 0.25) is 0 Å². The van der Waals surface area contributed by atoms with Crippen molar-refractivity contribution in [1.29, 1.82) is 0 Å². The number of nitrogens with one attached hydrogen (secondary N) is 2. The molecule has 3 N–H and O–H groups in total. The van der Waals surface area contributed by atoms with Crippen molar-refractivity contribution < 1.29 is 19.5 Å². The fourth-order valence-corrected chi connectivity index (χ4v) is 4.10. The van der Waals surface area contributed by atoms with E-state index in [0.29, 0.717) is 12.4 Å². The summed E-state index contributed by atoms with van der Waals surface area (Å²) in [5, 5.41) is 8.92. The third-order valence-corrected chi connectivity index (χ3v) is 5.61. The lowest BCUT2D eigenvalue weighted by Crippen LogP contribution is -2.15. The molecule has 0 radical (unpaired) electrons. The molecule has 170 valence electrons. The molecule has 0 amide bonds. The van der Waals surface area contributed by atoms with Crippen LogP contribution in [-0.2, 0) is 16.1 Å². The number of H-pyrrole nitrogens is 1. The fourth-order valence-electron chi connectivity index (χ4n) is 4.10. The van der Waals surface area contributed by atoms with E-state index in [4.69, 9.17) is 14.7 Å². The predicted octanol–water partition coefficient (Wildman–Crippen LogP) is 5.17. The Morgan fingerprint density at radius 3 is 2.82 bits per heavy atom. The maximum atomic E-state index is 10.9. The van der Waals surface area contributed by atoms with Crippen molar-refractivity contribution in [3.8, 4) is 5.75 Å². The standard InChI is InChI=1S/C27H28N2O4/c30-27(31)19-32-26-13-5-11-23-21(9-4-12-24(23)26)10-6-16-33-29-25(17-20-14-15-28-18-20)22-7-2-1-3-8-22/h1-3,5-8,10-11,13-15,17-18,21,28-29H,4,9,12,16,19H2,(H,30,31). The number of carboxylic acids is 1. The van der Waals surface area contributed by atoms with E-state index in [1.54, 1.807) is 0 Å². The molecule has 1 aromatic heterocycles. The van der Waals surface area contributed by atoms with E-state index >= 15 is 0 Å². The Morgan fingerprint density at radius 1 is 1.15 bits per heavy atom. The van der Waals surface area contributed by atoms with Crippen molar-refractivity contribution in [3.05, 3.63) is 101 Å². The molecule has 33 heavy (non-hydrogen) atoms. The maximum Gasteiger partial charge on any atom is 0.341 e. The highest BCUT2D eigenvalue weighted by atomic mass is 16.6. The van der Waals surface area contributed by atoms with Crippen LogP contribution in [0.4, 0.5) is 0 Å². The number of hydrogen-bond acceptors (Lipinski definition) is 4. The topological polar surface area (TPSA) is 83.6 Å². The summed E-state index contributed by atoms with van der Waals surface area (Å²) in [5.41, 5.74) is 8.38. The monoisotopic (exact) mass is 444 g/mol. The number of ether oxygens (including phenoxy) is 1. The second-order valence-electron chi connectivity index (χ2n) is 7.91. The molecule has 0 saturated carbocycles. The summed E-state index contributed by atoms with van der Waals surface area (Å²) in [4.78, 5) is 19.7. The molecule has 0 spiro atoms. The smallest absolute Gasteiger partial charge is 0.341 e. The molecule has 1 aliphatic carbocycles. The van der Waals surface area contributed by atoms with Gasteiger partial charge in [-0.05, 0) is 59.7 Å². The van der Waals surface area contributed by atoms with Gasteiger partial charge in [0.1, 0.15) is 5.75 Å². The number of hydroxylamine groups is 1. The van der Waals surface area contributed by atoms with E-state index < -0.39 is 5.97 Å². The molecule has 1 aliphatic rings. The molecule has 0 saturated heterocycles. The summed E-state index contributed by atoms with van der Waals surface area (Å²) < 4.78 is 5.50. The van der Waals surface area contributed by atoms with Crippen LogP contribution in [0.5, 0.6) is 5.75 Å². The van der Waals surface area contributed by atoms with Gasteiger partial charge in [0, 0.05) is 18.3 Å². The largest absolute Gasteiger partial charge is 0.482 e. The lowest BCUT2D eigenvalue weighted by molar-refractivity contribution is -0.139. The molecule has 3 aromatic rings. The van der Waals surface area contributed by atoms with E-state index in [1.807, 2.05) is 73.1 Å². The van der Waals surface area contributed by atoms with Crippen LogP contribution in [0.25, 0.3) is 11.8 Å². The number of aliphatic carboxylic acids is 1. The van der Waals surface area contributed by atoms with Crippen molar-refractivity contribution >= 4 is 17.7 Å². The van der Waals surface area contributed by atoms with Crippen molar-refractivity contribution in [2.24, 2.45) is 0 Å². The Bertz CT molecular complexity index is 1100. The molecule has 0 bridgehead atoms. The first kappa shape index (κ1) is 22.4. The number of rotatable bonds is 10. The predicted molar refractivity (Wildman–Crippen MR) is 129 cm³/mol. The molecule has 4 rings (SSSR count). The van der Waals surface area contributed by atoms with E-state index in [9.17, 15) is 4.79 Å². The van der Waals surface area contributed by atoms with Crippen LogP contribution in [0.3, 0.4) is 0 Å². The third kappa shape index (κ3) is 6.14. The summed E-state index contributed by atoms with van der Waals surface area (Å²) in [7, 11) is 0. The van der Waals surface area contributed by atoms with Gasteiger partial charge in [-0.1, -0.05) is 54.6 Å². The summed E-state index contributed by atoms with van der Waals surface area (Å²) in [6.45, 7) is 0.0921. The fraction of sp³-hybridized carbons (Fsp3) is 0.222. The highest BCUT2D eigenvalue weighted by Gasteiger charge is 2.21. The number of allylic oxidation sites excluding steroid dienone is 1. The highest BCUT2D eigenvalue weighted by molar-refractivity contribution is 5.79. The van der Waals surface area contributed by atoms with Crippen LogP contribution >= 0.6 is 0 Å². The summed E-state index contributed by atoms with van der Waals surface area (Å²) in [5.74, 6) is -0.0343. The van der Waals surface area contributed by atoms with Gasteiger partial charge in [0.05, 0.1) is 12.3 Å². The quantitative estimate of drug-likeness (QED) is 0.228. The van der Waals surface area contributed by atoms with Crippen molar-refractivity contribution in [3.63, 3.8) is 0 Å². The second-order valence-corrected chi connectivity index (χ2v) is 7.91.